The molecule has 1 rings (SSSR count). The fourth-order valence-corrected chi connectivity index (χ4v) is 4.91. The highest BCUT2D eigenvalue weighted by atomic mass is 16.6. The molecule has 226 valence electrons. The summed E-state index contributed by atoms with van der Waals surface area (Å²) < 4.78 is 11.1. The first-order valence-electron chi connectivity index (χ1n) is 14.0. The van der Waals surface area contributed by atoms with Crippen LogP contribution in [0.5, 0.6) is 0 Å². The van der Waals surface area contributed by atoms with Crippen LogP contribution in [0.1, 0.15) is 66.4 Å². The average Bonchev–Trinajstić information content (AvgIpc) is 2.91. The lowest BCUT2D eigenvalue weighted by Gasteiger charge is -2.40. The summed E-state index contributed by atoms with van der Waals surface area (Å²) in [5.41, 5.74) is 0.830. The molecule has 0 radical (unpaired) electrons. The Balaban J connectivity index is 3.11. The molecule has 0 saturated heterocycles. The molecule has 10 nitrogen and oxygen atoms in total. The molecule has 0 unspecified atom stereocenters. The van der Waals surface area contributed by atoms with Crippen molar-refractivity contribution in [2.24, 2.45) is 17.8 Å². The quantitative estimate of drug-likeness (QED) is 0.309. The van der Waals surface area contributed by atoms with Crippen LogP contribution < -0.4 is 5.32 Å². The van der Waals surface area contributed by atoms with E-state index in [0.717, 1.165) is 12.0 Å². The van der Waals surface area contributed by atoms with Crippen LogP contribution in [-0.4, -0.2) is 84.2 Å². The molecule has 1 aromatic rings. The van der Waals surface area contributed by atoms with Gasteiger partial charge in [-0.2, -0.15) is 0 Å². The lowest BCUT2D eigenvalue weighted by molar-refractivity contribution is -0.144. The molecule has 10 heteroatoms. The number of hydrogen-bond acceptors (Lipinski definition) is 6. The number of carbonyl (C=O) groups is 4. The van der Waals surface area contributed by atoms with E-state index in [1.165, 1.54) is 19.1 Å². The Morgan fingerprint density at radius 2 is 1.55 bits per heavy atom. The molecule has 0 aliphatic carbocycles. The summed E-state index contributed by atoms with van der Waals surface area (Å²) in [7, 11) is 4.70. The second-order valence-corrected chi connectivity index (χ2v) is 11.1. The Kier molecular flexibility index (Phi) is 14.7. The van der Waals surface area contributed by atoms with E-state index in [4.69, 9.17) is 9.47 Å². The van der Waals surface area contributed by atoms with Crippen molar-refractivity contribution >= 4 is 23.9 Å². The van der Waals surface area contributed by atoms with Gasteiger partial charge in [0.25, 0.3) is 0 Å². The largest absolute Gasteiger partial charge is 0.481 e. The summed E-state index contributed by atoms with van der Waals surface area (Å²) in [5, 5.41) is 12.1. The van der Waals surface area contributed by atoms with Crippen molar-refractivity contribution in [2.75, 3.05) is 21.2 Å². The van der Waals surface area contributed by atoms with Crippen molar-refractivity contribution in [2.45, 2.75) is 91.6 Å². The summed E-state index contributed by atoms with van der Waals surface area (Å²) in [6.07, 6.45) is -0.208. The van der Waals surface area contributed by atoms with Crippen molar-refractivity contribution < 1.29 is 33.8 Å². The van der Waals surface area contributed by atoms with Crippen LogP contribution >= 0.6 is 0 Å². The number of rotatable bonds is 16. The summed E-state index contributed by atoms with van der Waals surface area (Å²) in [6, 6.07) is 7.14. The number of nitrogens with one attached hydrogen (secondary N) is 1. The Morgan fingerprint density at radius 1 is 0.950 bits per heavy atom. The normalized spacial score (nSPS) is 15.1. The number of benzene rings is 1. The highest BCUT2D eigenvalue weighted by molar-refractivity contribution is 5.91. The Morgan fingerprint density at radius 3 is 2.02 bits per heavy atom. The van der Waals surface area contributed by atoms with Crippen LogP contribution in [0.3, 0.4) is 0 Å². The summed E-state index contributed by atoms with van der Waals surface area (Å²) in [4.78, 5) is 54.3. The number of ether oxygens (including phenoxy) is 2. The molecule has 0 heterocycles. The Hall–Kier alpha value is -3.14. The van der Waals surface area contributed by atoms with Gasteiger partial charge in [0, 0.05) is 27.6 Å². The van der Waals surface area contributed by atoms with Crippen LogP contribution in [0.15, 0.2) is 30.3 Å². The number of likely N-dealkylation sites (N-methyl/N-ethyl adjacent to an activating group) is 2. The van der Waals surface area contributed by atoms with Gasteiger partial charge < -0.3 is 24.8 Å². The second-order valence-electron chi connectivity index (χ2n) is 11.1. The molecule has 0 aliphatic heterocycles. The monoisotopic (exact) mass is 563 g/mol. The third kappa shape index (κ3) is 10.1. The summed E-state index contributed by atoms with van der Waals surface area (Å²) >= 11 is 0. The van der Waals surface area contributed by atoms with Crippen molar-refractivity contribution in [3.05, 3.63) is 35.9 Å². The molecule has 2 N–H and O–H groups in total. The smallest absolute Gasteiger partial charge is 0.410 e. The van der Waals surface area contributed by atoms with E-state index >= 15 is 0 Å². The van der Waals surface area contributed by atoms with E-state index in [-0.39, 0.29) is 43.1 Å². The first kappa shape index (κ1) is 34.9. The van der Waals surface area contributed by atoms with E-state index in [1.54, 1.807) is 11.9 Å². The topological polar surface area (TPSA) is 125 Å². The number of methoxy groups -OCH3 is 1. The number of nitrogens with zero attached hydrogens (tertiary/aromatic N) is 2. The maximum atomic E-state index is 13.8. The first-order valence-corrected chi connectivity index (χ1v) is 14.0. The fourth-order valence-electron chi connectivity index (χ4n) is 4.91. The van der Waals surface area contributed by atoms with E-state index in [1.807, 2.05) is 71.9 Å². The summed E-state index contributed by atoms with van der Waals surface area (Å²) in [5.74, 6) is -2.18. The predicted octanol–water partition coefficient (Wildman–Crippen LogP) is 4.17. The molecule has 3 amide bonds. The number of carboxylic acids is 1. The van der Waals surface area contributed by atoms with Gasteiger partial charge in [-0.05, 0) is 29.7 Å². The molecule has 5 atom stereocenters. The number of aliphatic carboxylic acids is 1. The van der Waals surface area contributed by atoms with Crippen LogP contribution in [0.2, 0.25) is 0 Å². The third-order valence-electron chi connectivity index (χ3n) is 7.39. The zero-order chi connectivity index (χ0) is 30.6. The van der Waals surface area contributed by atoms with Crippen LogP contribution in [0, 0.1) is 17.8 Å². The lowest BCUT2D eigenvalue weighted by atomic mass is 9.89. The zero-order valence-corrected chi connectivity index (χ0v) is 25.5. The molecule has 40 heavy (non-hydrogen) atoms. The number of hydrogen-bond donors (Lipinski definition) is 2. The molecule has 0 bridgehead atoms. The van der Waals surface area contributed by atoms with Gasteiger partial charge in [-0.25, -0.2) is 4.79 Å². The average molecular weight is 564 g/mol. The summed E-state index contributed by atoms with van der Waals surface area (Å²) in [6.45, 7) is 11.4. The second kappa shape index (κ2) is 16.8. The van der Waals surface area contributed by atoms with Crippen molar-refractivity contribution in [3.8, 4) is 0 Å². The molecule has 0 aromatic heterocycles. The van der Waals surface area contributed by atoms with E-state index in [0.29, 0.717) is 0 Å². The van der Waals surface area contributed by atoms with E-state index in [2.05, 4.69) is 5.32 Å². The molecular weight excluding hydrogens is 514 g/mol. The van der Waals surface area contributed by atoms with Crippen LogP contribution in [0.25, 0.3) is 0 Å². The SMILES string of the molecule is CC[C@H](C)[C@@H]([C@@H](CCC(=O)O)OC)N(C)C(=O)[C@@H](NC(=O)[C@H](C(C)C)N(C)C(=O)OCc1ccccc1)C(C)C. The minimum Gasteiger partial charge on any atom is -0.481 e. The van der Waals surface area contributed by atoms with Gasteiger partial charge in [0.15, 0.2) is 0 Å². The number of carbonyl (C=O) groups excluding carboxylic acids is 3. The lowest BCUT2D eigenvalue weighted by Crippen LogP contribution is -2.60. The maximum Gasteiger partial charge on any atom is 0.410 e. The van der Waals surface area contributed by atoms with E-state index < -0.39 is 42.2 Å². The van der Waals surface area contributed by atoms with Crippen LogP contribution in [0.4, 0.5) is 4.79 Å². The molecule has 0 fully saturated rings. The van der Waals surface area contributed by atoms with E-state index in [9.17, 15) is 24.3 Å². The highest BCUT2D eigenvalue weighted by Crippen LogP contribution is 2.24. The molecule has 0 spiro atoms. The van der Waals surface area contributed by atoms with Crippen molar-refractivity contribution in [1.82, 2.24) is 15.1 Å². The van der Waals surface area contributed by atoms with Crippen molar-refractivity contribution in [3.63, 3.8) is 0 Å². The van der Waals surface area contributed by atoms with Gasteiger partial charge in [0.2, 0.25) is 11.8 Å². The van der Waals surface area contributed by atoms with Gasteiger partial charge in [0.05, 0.1) is 12.1 Å². The molecule has 0 aliphatic rings. The van der Waals surface area contributed by atoms with Gasteiger partial charge in [0.1, 0.15) is 18.7 Å². The predicted molar refractivity (Wildman–Crippen MR) is 153 cm³/mol. The van der Waals surface area contributed by atoms with Gasteiger partial charge in [-0.15, -0.1) is 0 Å². The van der Waals surface area contributed by atoms with Crippen LogP contribution in [-0.2, 0) is 30.5 Å². The first-order chi connectivity index (χ1) is 18.8. The fraction of sp³-hybridized carbons (Fsp3) is 0.667. The van der Waals surface area contributed by atoms with Crippen molar-refractivity contribution in [1.29, 1.82) is 0 Å². The van der Waals surface area contributed by atoms with Gasteiger partial charge in [-0.3, -0.25) is 19.3 Å². The Labute approximate surface area is 239 Å². The number of carboxylic acid groups (broad SMARTS) is 1. The maximum absolute atomic E-state index is 13.8. The standard InChI is InChI=1S/C30H49N3O7/c1-10-21(6)27(23(39-9)16-17-24(34)35)32(7)29(37)25(19(2)3)31-28(36)26(20(4)5)33(8)30(38)40-18-22-14-12-11-13-15-22/h11-15,19-21,23,25-27H,10,16-18H2,1-9H3,(H,31,36)(H,34,35)/t21-,23+,25-,26-,27-/m0/s1. The minimum atomic E-state index is -0.933. The zero-order valence-electron chi connectivity index (χ0n) is 25.5. The molecular formula is C30H49N3O7. The van der Waals surface area contributed by atoms with Gasteiger partial charge in [-0.1, -0.05) is 78.3 Å². The molecule has 1 aromatic carbocycles. The Bertz CT molecular complexity index is 954. The minimum absolute atomic E-state index is 0.0186. The third-order valence-corrected chi connectivity index (χ3v) is 7.39. The number of amides is 3. The molecule has 0 saturated carbocycles. The highest BCUT2D eigenvalue weighted by Gasteiger charge is 2.39. The van der Waals surface area contributed by atoms with Gasteiger partial charge >= 0.3 is 12.1 Å².